The van der Waals surface area contributed by atoms with Crippen LogP contribution in [0.4, 0.5) is 0 Å². The van der Waals surface area contributed by atoms with Gasteiger partial charge in [-0.15, -0.1) is 29.5 Å². The summed E-state index contributed by atoms with van der Waals surface area (Å²) in [5, 5.41) is 0. The van der Waals surface area contributed by atoms with Crippen LogP contribution in [0.1, 0.15) is 4.88 Å². The Bertz CT molecular complexity index is 353. The summed E-state index contributed by atoms with van der Waals surface area (Å²) < 4.78 is 1.06. The van der Waals surface area contributed by atoms with E-state index in [4.69, 9.17) is 11.6 Å². The third-order valence-electron chi connectivity index (χ3n) is 1.79. The number of halogens is 2. The predicted octanol–water partition coefficient (Wildman–Crippen LogP) is 3.26. The van der Waals surface area contributed by atoms with Crippen molar-refractivity contribution in [3.05, 3.63) is 33.5 Å². The minimum atomic E-state index is -0.0684. The number of alkyl halides is 1. The standard InChI is InChI=1S/C10H11BrClNOS/c1-2-5-13(10(14)6-12)7-8-3-4-9(11)15-8/h2-4H,1,5-7H2. The molecule has 0 aliphatic heterocycles. The first-order chi connectivity index (χ1) is 7.17. The fourth-order valence-corrected chi connectivity index (χ4v) is 2.79. The van der Waals surface area contributed by atoms with Gasteiger partial charge >= 0.3 is 0 Å². The number of carbonyl (C=O) groups excluding carboxylic acids is 1. The van der Waals surface area contributed by atoms with Gasteiger partial charge in [0.25, 0.3) is 0 Å². The zero-order chi connectivity index (χ0) is 11.3. The summed E-state index contributed by atoms with van der Waals surface area (Å²) in [7, 11) is 0. The Morgan fingerprint density at radius 3 is 2.87 bits per heavy atom. The number of hydrogen-bond acceptors (Lipinski definition) is 2. The van der Waals surface area contributed by atoms with Crippen LogP contribution in [-0.4, -0.2) is 23.2 Å². The van der Waals surface area contributed by atoms with Gasteiger partial charge in [-0.05, 0) is 28.1 Å². The first-order valence-corrected chi connectivity index (χ1v) is 6.50. The second kappa shape index (κ2) is 6.30. The molecule has 0 aliphatic carbocycles. The van der Waals surface area contributed by atoms with E-state index in [2.05, 4.69) is 22.5 Å². The molecule has 0 radical (unpaired) electrons. The van der Waals surface area contributed by atoms with Crippen molar-refractivity contribution in [2.45, 2.75) is 6.54 Å². The Labute approximate surface area is 107 Å². The summed E-state index contributed by atoms with van der Waals surface area (Å²) in [6.45, 7) is 4.74. The van der Waals surface area contributed by atoms with E-state index in [1.54, 1.807) is 22.3 Å². The molecule has 5 heteroatoms. The van der Waals surface area contributed by atoms with Gasteiger partial charge in [-0.3, -0.25) is 4.79 Å². The smallest absolute Gasteiger partial charge is 0.238 e. The molecule has 0 aliphatic rings. The lowest BCUT2D eigenvalue weighted by molar-refractivity contribution is -0.128. The topological polar surface area (TPSA) is 20.3 Å². The number of carbonyl (C=O) groups is 1. The molecule has 15 heavy (non-hydrogen) atoms. The monoisotopic (exact) mass is 307 g/mol. The molecule has 0 atom stereocenters. The van der Waals surface area contributed by atoms with Crippen LogP contribution in [0.2, 0.25) is 0 Å². The van der Waals surface area contributed by atoms with Crippen molar-refractivity contribution in [3.63, 3.8) is 0 Å². The van der Waals surface area contributed by atoms with E-state index < -0.39 is 0 Å². The van der Waals surface area contributed by atoms with E-state index in [0.717, 1.165) is 8.66 Å². The van der Waals surface area contributed by atoms with Crippen molar-refractivity contribution in [2.24, 2.45) is 0 Å². The van der Waals surface area contributed by atoms with E-state index in [1.807, 2.05) is 12.1 Å². The van der Waals surface area contributed by atoms with E-state index >= 15 is 0 Å². The zero-order valence-electron chi connectivity index (χ0n) is 8.08. The lowest BCUT2D eigenvalue weighted by Gasteiger charge is -2.18. The van der Waals surface area contributed by atoms with Crippen molar-refractivity contribution in [2.75, 3.05) is 12.4 Å². The molecule has 0 saturated heterocycles. The maximum absolute atomic E-state index is 11.5. The van der Waals surface area contributed by atoms with E-state index in [9.17, 15) is 4.79 Å². The van der Waals surface area contributed by atoms with Crippen LogP contribution in [-0.2, 0) is 11.3 Å². The highest BCUT2D eigenvalue weighted by Crippen LogP contribution is 2.23. The van der Waals surface area contributed by atoms with Crippen molar-refractivity contribution < 1.29 is 4.79 Å². The number of nitrogens with zero attached hydrogens (tertiary/aromatic N) is 1. The van der Waals surface area contributed by atoms with Gasteiger partial charge in [-0.1, -0.05) is 6.08 Å². The molecule has 0 saturated carbocycles. The molecule has 0 fully saturated rings. The quantitative estimate of drug-likeness (QED) is 0.604. The molecule has 82 valence electrons. The van der Waals surface area contributed by atoms with Gasteiger partial charge in [0.1, 0.15) is 5.88 Å². The van der Waals surface area contributed by atoms with Crippen LogP contribution in [0.5, 0.6) is 0 Å². The second-order valence-electron chi connectivity index (χ2n) is 2.90. The molecule has 1 heterocycles. The molecular weight excluding hydrogens is 298 g/mol. The SMILES string of the molecule is C=CCN(Cc1ccc(Br)s1)C(=O)CCl. The second-order valence-corrected chi connectivity index (χ2v) is 5.72. The Balaban J connectivity index is 2.65. The van der Waals surface area contributed by atoms with Gasteiger partial charge in [-0.25, -0.2) is 0 Å². The summed E-state index contributed by atoms with van der Waals surface area (Å²) >= 11 is 10.5. The Kier molecular flexibility index (Phi) is 5.36. The minimum absolute atomic E-state index is 0.0143. The summed E-state index contributed by atoms with van der Waals surface area (Å²) in [6, 6.07) is 3.96. The van der Waals surface area contributed by atoms with Crippen LogP contribution >= 0.6 is 38.9 Å². The number of thiophene rings is 1. The number of amides is 1. The van der Waals surface area contributed by atoms with Crippen molar-refractivity contribution in [3.8, 4) is 0 Å². The first kappa shape index (κ1) is 12.7. The summed E-state index contributed by atoms with van der Waals surface area (Å²) in [5.74, 6) is -0.0542. The lowest BCUT2D eigenvalue weighted by atomic mass is 10.4. The van der Waals surface area contributed by atoms with Crippen molar-refractivity contribution in [1.82, 2.24) is 4.90 Å². The normalized spacial score (nSPS) is 10.0. The van der Waals surface area contributed by atoms with Crippen LogP contribution in [0.15, 0.2) is 28.6 Å². The summed E-state index contributed by atoms with van der Waals surface area (Å²) in [6.07, 6.45) is 1.70. The van der Waals surface area contributed by atoms with Crippen LogP contribution in [0.3, 0.4) is 0 Å². The van der Waals surface area contributed by atoms with Gasteiger partial charge in [0.15, 0.2) is 0 Å². The predicted molar refractivity (Wildman–Crippen MR) is 68.4 cm³/mol. The average Bonchev–Trinajstić information content (AvgIpc) is 2.62. The van der Waals surface area contributed by atoms with Crippen molar-refractivity contribution in [1.29, 1.82) is 0 Å². The minimum Gasteiger partial charge on any atom is -0.333 e. The molecule has 0 spiro atoms. The van der Waals surface area contributed by atoms with Gasteiger partial charge in [0.05, 0.1) is 10.3 Å². The van der Waals surface area contributed by atoms with Crippen LogP contribution in [0.25, 0.3) is 0 Å². The maximum atomic E-state index is 11.5. The molecular formula is C10H11BrClNOS. The molecule has 0 N–H and O–H groups in total. The van der Waals surface area contributed by atoms with Gasteiger partial charge in [-0.2, -0.15) is 0 Å². The first-order valence-electron chi connectivity index (χ1n) is 4.36. The molecule has 0 bridgehead atoms. The Hall–Kier alpha value is -0.320. The van der Waals surface area contributed by atoms with Gasteiger partial charge in [0.2, 0.25) is 5.91 Å². The third-order valence-corrected chi connectivity index (χ3v) is 3.63. The molecule has 2 nitrogen and oxygen atoms in total. The molecule has 1 aromatic rings. The number of hydrogen-bond donors (Lipinski definition) is 0. The van der Waals surface area contributed by atoms with E-state index in [1.165, 1.54) is 0 Å². The van der Waals surface area contributed by atoms with E-state index in [0.29, 0.717) is 13.1 Å². The zero-order valence-corrected chi connectivity index (χ0v) is 11.2. The Morgan fingerprint density at radius 2 is 2.40 bits per heavy atom. The maximum Gasteiger partial charge on any atom is 0.238 e. The molecule has 0 aromatic carbocycles. The fourth-order valence-electron chi connectivity index (χ4n) is 1.12. The highest BCUT2D eigenvalue weighted by atomic mass is 79.9. The molecule has 1 aromatic heterocycles. The largest absolute Gasteiger partial charge is 0.333 e. The van der Waals surface area contributed by atoms with E-state index in [-0.39, 0.29) is 11.8 Å². The van der Waals surface area contributed by atoms with Crippen molar-refractivity contribution >= 4 is 44.8 Å². The molecule has 1 rings (SSSR count). The highest BCUT2D eigenvalue weighted by Gasteiger charge is 2.12. The number of rotatable bonds is 5. The lowest BCUT2D eigenvalue weighted by Crippen LogP contribution is -2.31. The molecule has 0 unspecified atom stereocenters. The summed E-state index contributed by atoms with van der Waals surface area (Å²) in [4.78, 5) is 14.3. The van der Waals surface area contributed by atoms with Gasteiger partial charge in [0, 0.05) is 11.4 Å². The molecule has 1 amide bonds. The van der Waals surface area contributed by atoms with Crippen LogP contribution in [0, 0.1) is 0 Å². The highest BCUT2D eigenvalue weighted by molar-refractivity contribution is 9.11. The average molecular weight is 309 g/mol. The van der Waals surface area contributed by atoms with Crippen LogP contribution < -0.4 is 0 Å². The third kappa shape index (κ3) is 3.97. The Morgan fingerprint density at radius 1 is 1.67 bits per heavy atom. The van der Waals surface area contributed by atoms with Gasteiger partial charge < -0.3 is 4.90 Å². The summed E-state index contributed by atoms with van der Waals surface area (Å²) in [5.41, 5.74) is 0. The fraction of sp³-hybridized carbons (Fsp3) is 0.300.